The summed E-state index contributed by atoms with van der Waals surface area (Å²) >= 11 is 1.60. The van der Waals surface area contributed by atoms with Crippen LogP contribution in [0.5, 0.6) is 11.5 Å². The van der Waals surface area contributed by atoms with E-state index in [1.165, 1.54) is 7.11 Å². The number of methoxy groups -OCH3 is 1. The predicted molar refractivity (Wildman–Crippen MR) is 95.4 cm³/mol. The van der Waals surface area contributed by atoms with Crippen LogP contribution in [0.1, 0.15) is 23.4 Å². The van der Waals surface area contributed by atoms with Gasteiger partial charge in [0.2, 0.25) is 6.10 Å². The monoisotopic (exact) mass is 373 g/mol. The Morgan fingerprint density at radius 2 is 1.92 bits per heavy atom. The molecular weight excluding hydrogens is 354 g/mol. The number of hydrogen-bond acceptors (Lipinski definition) is 6. The predicted octanol–water partition coefficient (Wildman–Crippen LogP) is 2.58. The lowest BCUT2D eigenvalue weighted by atomic mass is 9.98. The van der Waals surface area contributed by atoms with E-state index < -0.39 is 24.2 Å². The number of esters is 1. The van der Waals surface area contributed by atoms with Crippen molar-refractivity contribution in [2.45, 2.75) is 31.6 Å². The largest absolute Gasteiger partial charge is 0.482 e. The molecule has 7 heteroatoms. The minimum absolute atomic E-state index is 0.265. The lowest BCUT2D eigenvalue weighted by Crippen LogP contribution is -2.54. The molecule has 0 bridgehead atoms. The highest BCUT2D eigenvalue weighted by molar-refractivity contribution is 7.10. The molecule has 136 valence electrons. The van der Waals surface area contributed by atoms with E-state index >= 15 is 0 Å². The normalized spacial score (nSPS) is 23.9. The number of amides is 1. The molecule has 4 rings (SSSR count). The summed E-state index contributed by atoms with van der Waals surface area (Å²) in [4.78, 5) is 28.3. The highest BCUT2D eigenvalue weighted by atomic mass is 32.1. The van der Waals surface area contributed by atoms with E-state index in [9.17, 15) is 9.59 Å². The minimum atomic E-state index is -0.808. The van der Waals surface area contributed by atoms with E-state index in [1.807, 2.05) is 29.6 Å². The van der Waals surface area contributed by atoms with Crippen molar-refractivity contribution in [1.29, 1.82) is 0 Å². The Bertz CT molecular complexity index is 848. The number of carbonyl (C=O) groups excluding carboxylic acids is 2. The third kappa shape index (κ3) is 2.72. The van der Waals surface area contributed by atoms with Gasteiger partial charge in [0, 0.05) is 11.4 Å². The van der Waals surface area contributed by atoms with Crippen molar-refractivity contribution >= 4 is 23.2 Å². The zero-order chi connectivity index (χ0) is 18.3. The summed E-state index contributed by atoms with van der Waals surface area (Å²) in [5.74, 6) is 0.445. The van der Waals surface area contributed by atoms with Gasteiger partial charge in [0.05, 0.1) is 7.11 Å². The van der Waals surface area contributed by atoms with Crippen molar-refractivity contribution in [2.75, 3.05) is 13.7 Å². The third-order valence-electron chi connectivity index (χ3n) is 4.76. The fourth-order valence-corrected chi connectivity index (χ4v) is 4.38. The van der Waals surface area contributed by atoms with Crippen LogP contribution in [0.3, 0.4) is 0 Å². The van der Waals surface area contributed by atoms with Crippen LogP contribution in [0.2, 0.25) is 0 Å². The minimum Gasteiger partial charge on any atom is -0.482 e. The molecule has 2 aliphatic heterocycles. The van der Waals surface area contributed by atoms with Crippen molar-refractivity contribution in [3.05, 3.63) is 46.2 Å². The Kier molecular flexibility index (Phi) is 4.32. The molecule has 0 N–H and O–H groups in total. The van der Waals surface area contributed by atoms with Crippen molar-refractivity contribution in [1.82, 2.24) is 4.90 Å². The molecule has 1 amide bonds. The molecule has 0 aliphatic carbocycles. The van der Waals surface area contributed by atoms with Crippen LogP contribution in [0.25, 0.3) is 0 Å². The average molecular weight is 373 g/mol. The molecule has 0 fully saturated rings. The van der Waals surface area contributed by atoms with Gasteiger partial charge in [0.25, 0.3) is 5.91 Å². The van der Waals surface area contributed by atoms with Crippen molar-refractivity contribution in [2.24, 2.45) is 0 Å². The van der Waals surface area contributed by atoms with Crippen LogP contribution >= 0.6 is 11.3 Å². The Hall–Kier alpha value is -2.54. The molecule has 6 nitrogen and oxygen atoms in total. The van der Waals surface area contributed by atoms with Gasteiger partial charge in [-0.15, -0.1) is 11.3 Å². The number of carbonyl (C=O) groups is 2. The van der Waals surface area contributed by atoms with Crippen LogP contribution in [0, 0.1) is 0 Å². The number of benzene rings is 1. The van der Waals surface area contributed by atoms with Gasteiger partial charge < -0.3 is 19.1 Å². The maximum absolute atomic E-state index is 13.3. The third-order valence-corrected chi connectivity index (χ3v) is 5.76. The number of ether oxygens (including phenoxy) is 3. The van der Waals surface area contributed by atoms with Gasteiger partial charge in [0.15, 0.2) is 17.5 Å². The van der Waals surface area contributed by atoms with Crippen LogP contribution in [-0.4, -0.2) is 42.6 Å². The van der Waals surface area contributed by atoms with Crippen molar-refractivity contribution in [3.8, 4) is 11.5 Å². The molecule has 3 atom stereocenters. The molecule has 0 saturated heterocycles. The second-order valence-electron chi connectivity index (χ2n) is 6.31. The fraction of sp³-hybridized carbons (Fsp3) is 0.368. The van der Waals surface area contributed by atoms with Crippen LogP contribution in [-0.2, 0) is 20.7 Å². The summed E-state index contributed by atoms with van der Waals surface area (Å²) in [6.07, 6.45) is -0.554. The summed E-state index contributed by atoms with van der Waals surface area (Å²) in [6, 6.07) is 8.41. The summed E-state index contributed by atoms with van der Waals surface area (Å²) < 4.78 is 16.7. The molecule has 0 saturated carbocycles. The van der Waals surface area contributed by atoms with Gasteiger partial charge in [-0.1, -0.05) is 12.1 Å². The Morgan fingerprint density at radius 3 is 2.65 bits per heavy atom. The number of fused-ring (bicyclic) bond motifs is 2. The number of hydrogen-bond donors (Lipinski definition) is 0. The molecule has 1 aromatic heterocycles. The lowest BCUT2D eigenvalue weighted by Gasteiger charge is -2.39. The van der Waals surface area contributed by atoms with E-state index in [0.29, 0.717) is 24.5 Å². The number of nitrogens with zero attached hydrogens (tertiary/aromatic N) is 1. The van der Waals surface area contributed by atoms with Gasteiger partial charge >= 0.3 is 5.97 Å². The quantitative estimate of drug-likeness (QED) is 0.757. The highest BCUT2D eigenvalue weighted by Crippen LogP contribution is 2.37. The molecule has 1 aromatic carbocycles. The standard InChI is InChI=1S/C19H19NO5S/c1-11-17(25-14-6-4-3-5-13(14)24-11)18(21)20-9-7-15-12(8-10-26-15)16(20)19(22)23-2/h3-6,8,10-11,16-17H,7,9H2,1-2H3/t11-,16+,17+/m1/s1. The first-order chi connectivity index (χ1) is 12.6. The van der Waals surface area contributed by atoms with Crippen molar-refractivity contribution < 1.29 is 23.8 Å². The Labute approximate surface area is 155 Å². The molecule has 0 radical (unpaired) electrons. The molecule has 2 aromatic rings. The van der Waals surface area contributed by atoms with Crippen LogP contribution < -0.4 is 9.47 Å². The molecule has 0 unspecified atom stereocenters. The second-order valence-corrected chi connectivity index (χ2v) is 7.32. The second kappa shape index (κ2) is 6.64. The lowest BCUT2D eigenvalue weighted by molar-refractivity contribution is -0.159. The van der Waals surface area contributed by atoms with E-state index in [0.717, 1.165) is 10.4 Å². The first-order valence-electron chi connectivity index (χ1n) is 8.47. The van der Waals surface area contributed by atoms with E-state index in [1.54, 1.807) is 29.2 Å². The van der Waals surface area contributed by atoms with Crippen LogP contribution in [0.4, 0.5) is 0 Å². The van der Waals surface area contributed by atoms with Gasteiger partial charge in [-0.25, -0.2) is 4.79 Å². The Morgan fingerprint density at radius 1 is 1.19 bits per heavy atom. The highest BCUT2D eigenvalue weighted by Gasteiger charge is 2.43. The summed E-state index contributed by atoms with van der Waals surface area (Å²) in [5.41, 5.74) is 0.839. The van der Waals surface area contributed by atoms with Gasteiger partial charge in [-0.3, -0.25) is 4.79 Å². The number of rotatable bonds is 2. The maximum Gasteiger partial charge on any atom is 0.333 e. The molecule has 0 spiro atoms. The molecular formula is C19H19NO5S. The first-order valence-corrected chi connectivity index (χ1v) is 9.35. The molecule has 2 aliphatic rings. The number of thiophene rings is 1. The topological polar surface area (TPSA) is 65.1 Å². The van der Waals surface area contributed by atoms with E-state index in [-0.39, 0.29) is 5.91 Å². The maximum atomic E-state index is 13.3. The first kappa shape index (κ1) is 16.9. The van der Waals surface area contributed by atoms with Gasteiger partial charge in [0.1, 0.15) is 6.10 Å². The smallest absolute Gasteiger partial charge is 0.333 e. The zero-order valence-electron chi connectivity index (χ0n) is 14.5. The zero-order valence-corrected chi connectivity index (χ0v) is 15.3. The number of para-hydroxylation sites is 2. The van der Waals surface area contributed by atoms with Gasteiger partial charge in [-0.2, -0.15) is 0 Å². The van der Waals surface area contributed by atoms with E-state index in [4.69, 9.17) is 14.2 Å². The average Bonchev–Trinajstić information content (AvgIpc) is 3.14. The van der Waals surface area contributed by atoms with Crippen LogP contribution in [0.15, 0.2) is 35.7 Å². The Balaban J connectivity index is 1.64. The van der Waals surface area contributed by atoms with E-state index in [2.05, 4.69) is 0 Å². The molecule has 26 heavy (non-hydrogen) atoms. The fourth-order valence-electron chi connectivity index (χ4n) is 3.47. The van der Waals surface area contributed by atoms with Crippen molar-refractivity contribution in [3.63, 3.8) is 0 Å². The van der Waals surface area contributed by atoms with Gasteiger partial charge in [-0.05, 0) is 42.5 Å². The summed E-state index contributed by atoms with van der Waals surface area (Å²) in [7, 11) is 1.34. The molecule has 3 heterocycles. The summed E-state index contributed by atoms with van der Waals surface area (Å²) in [5, 5.41) is 1.94. The SMILES string of the molecule is COC(=O)[C@@H]1c2ccsc2CCN1C(=O)[C@H]1Oc2ccccc2O[C@@H]1C. The summed E-state index contributed by atoms with van der Waals surface area (Å²) in [6.45, 7) is 2.24.